The van der Waals surface area contributed by atoms with Crippen molar-refractivity contribution in [1.82, 2.24) is 0 Å². The average molecular weight is 367 g/mol. The number of rotatable bonds is 3. The lowest BCUT2D eigenvalue weighted by atomic mass is 9.70. The molecule has 27 heavy (non-hydrogen) atoms. The van der Waals surface area contributed by atoms with Crippen molar-refractivity contribution < 1.29 is 19.1 Å². The van der Waals surface area contributed by atoms with Gasteiger partial charge in [0, 0.05) is 29.5 Å². The van der Waals surface area contributed by atoms with Gasteiger partial charge in [0.2, 0.25) is 5.91 Å². The minimum absolute atomic E-state index is 0.0916. The van der Waals surface area contributed by atoms with E-state index in [9.17, 15) is 14.4 Å². The molecule has 1 heterocycles. The van der Waals surface area contributed by atoms with Crippen LogP contribution in [0, 0.1) is 28.6 Å². The number of cyclic esters (lactones) is 1. The third kappa shape index (κ3) is 2.47. The quantitative estimate of drug-likeness (QED) is 0.825. The van der Waals surface area contributed by atoms with Crippen molar-refractivity contribution in [3.05, 3.63) is 35.9 Å². The highest BCUT2D eigenvalue weighted by atomic mass is 16.5. The molecule has 0 aromatic heterocycles. The van der Waals surface area contributed by atoms with Crippen LogP contribution in [0.3, 0.4) is 0 Å². The fourth-order valence-corrected chi connectivity index (χ4v) is 5.34. The Morgan fingerprint density at radius 2 is 1.81 bits per heavy atom. The normalized spacial score (nSPS) is 33.8. The Morgan fingerprint density at radius 3 is 2.37 bits per heavy atom. The van der Waals surface area contributed by atoms with Crippen LogP contribution in [-0.4, -0.2) is 17.7 Å². The summed E-state index contributed by atoms with van der Waals surface area (Å²) in [6, 6.07) is 7.15. The molecule has 0 radical (unpaired) electrons. The molecule has 1 amide bonds. The molecule has 4 atom stereocenters. The second-order valence-corrected chi connectivity index (χ2v) is 8.83. The number of fused-ring (bicyclic) bond motifs is 2. The predicted molar refractivity (Wildman–Crippen MR) is 101 cm³/mol. The number of ether oxygens (including phenoxy) is 1. The number of nitrogens with one attached hydrogen (secondary N) is 1. The van der Waals surface area contributed by atoms with Crippen molar-refractivity contribution in [2.24, 2.45) is 28.6 Å². The molecule has 1 aromatic carbocycles. The summed E-state index contributed by atoms with van der Waals surface area (Å²) in [5, 5.41) is 2.71. The van der Waals surface area contributed by atoms with Crippen LogP contribution in [0.4, 0.5) is 5.69 Å². The van der Waals surface area contributed by atoms with E-state index in [2.05, 4.69) is 26.1 Å². The van der Waals surface area contributed by atoms with Gasteiger partial charge in [-0.15, -0.1) is 0 Å². The molecule has 1 aromatic rings. The number of benzene rings is 1. The van der Waals surface area contributed by atoms with Gasteiger partial charge >= 0.3 is 5.97 Å². The summed E-state index contributed by atoms with van der Waals surface area (Å²) in [4.78, 5) is 36.9. The molecule has 5 heteroatoms. The van der Waals surface area contributed by atoms with Crippen LogP contribution in [0.25, 0.3) is 5.76 Å². The zero-order valence-electron chi connectivity index (χ0n) is 16.2. The fourth-order valence-electron chi connectivity index (χ4n) is 5.34. The van der Waals surface area contributed by atoms with Crippen LogP contribution in [0.1, 0.15) is 46.1 Å². The van der Waals surface area contributed by atoms with Crippen LogP contribution < -0.4 is 5.32 Å². The van der Waals surface area contributed by atoms with E-state index >= 15 is 0 Å². The van der Waals surface area contributed by atoms with Gasteiger partial charge < -0.3 is 10.1 Å². The van der Waals surface area contributed by atoms with Gasteiger partial charge in [-0.3, -0.25) is 14.4 Å². The first-order valence-corrected chi connectivity index (χ1v) is 9.51. The lowest BCUT2D eigenvalue weighted by Gasteiger charge is -2.32. The predicted octanol–water partition coefficient (Wildman–Crippen LogP) is 3.80. The minimum Gasteiger partial charge on any atom is -0.426 e. The molecule has 1 N–H and O–H groups in total. The largest absolute Gasteiger partial charge is 0.426 e. The second kappa shape index (κ2) is 5.78. The third-order valence-corrected chi connectivity index (χ3v) is 7.27. The summed E-state index contributed by atoms with van der Waals surface area (Å²) in [6.07, 6.45) is 3.71. The maximum absolute atomic E-state index is 13.2. The Morgan fingerprint density at radius 1 is 1.15 bits per heavy atom. The van der Waals surface area contributed by atoms with Crippen LogP contribution in [-0.2, 0) is 19.1 Å². The van der Waals surface area contributed by atoms with Gasteiger partial charge in [0.15, 0.2) is 0 Å². The van der Waals surface area contributed by atoms with E-state index in [0.717, 1.165) is 18.4 Å². The van der Waals surface area contributed by atoms with Crippen LogP contribution in [0.15, 0.2) is 30.3 Å². The Bertz CT molecular complexity index is 867. The summed E-state index contributed by atoms with van der Waals surface area (Å²) >= 11 is 0. The van der Waals surface area contributed by atoms with E-state index in [1.807, 2.05) is 6.08 Å². The van der Waals surface area contributed by atoms with Gasteiger partial charge in [-0.2, -0.15) is 0 Å². The Hall–Kier alpha value is -2.43. The average Bonchev–Trinajstić information content (AvgIpc) is 3.13. The number of amides is 1. The number of carbonyl (C=O) groups is 3. The first-order chi connectivity index (χ1) is 12.6. The van der Waals surface area contributed by atoms with Crippen molar-refractivity contribution in [3.63, 3.8) is 0 Å². The number of hydrogen-bond acceptors (Lipinski definition) is 4. The molecule has 0 spiro atoms. The summed E-state index contributed by atoms with van der Waals surface area (Å²) in [7, 11) is 0. The second-order valence-electron chi connectivity index (χ2n) is 8.83. The van der Waals surface area contributed by atoms with Crippen molar-refractivity contribution >= 4 is 29.1 Å². The van der Waals surface area contributed by atoms with E-state index in [1.54, 1.807) is 24.3 Å². The van der Waals surface area contributed by atoms with Gasteiger partial charge in [0.1, 0.15) is 11.5 Å². The molecule has 2 aliphatic carbocycles. The van der Waals surface area contributed by atoms with Crippen molar-refractivity contribution in [2.75, 3.05) is 5.32 Å². The number of anilines is 1. The third-order valence-electron chi connectivity index (χ3n) is 7.27. The Balaban J connectivity index is 1.61. The summed E-state index contributed by atoms with van der Waals surface area (Å²) in [5.74, 6) is -0.342. The molecule has 5 nitrogen and oxygen atoms in total. The molecule has 4 rings (SSSR count). The maximum Gasteiger partial charge on any atom is 0.319 e. The highest BCUT2D eigenvalue weighted by molar-refractivity contribution is 5.98. The van der Waals surface area contributed by atoms with Crippen molar-refractivity contribution in [3.8, 4) is 0 Å². The number of carbonyl (C=O) groups excluding carboxylic acids is 3. The fraction of sp³-hybridized carbons (Fsp3) is 0.500. The lowest BCUT2D eigenvalue weighted by Crippen LogP contribution is -2.36. The molecule has 3 aliphatic rings. The maximum atomic E-state index is 13.2. The van der Waals surface area contributed by atoms with Crippen molar-refractivity contribution in [1.29, 1.82) is 0 Å². The number of esters is 1. The van der Waals surface area contributed by atoms with Crippen LogP contribution >= 0.6 is 0 Å². The zero-order valence-corrected chi connectivity index (χ0v) is 16.2. The molecule has 1 aliphatic heterocycles. The molecular weight excluding hydrogens is 342 g/mol. The van der Waals surface area contributed by atoms with Gasteiger partial charge in [-0.25, -0.2) is 0 Å². The first-order valence-electron chi connectivity index (χ1n) is 9.51. The standard InChI is InChI=1S/C22H25NO4/c1-12(24)23-14-7-5-13(6-8-14)17-11-15(20(26)27-17)18-16-9-10-22(4,19(18)25)21(16,2)3/h5-8,11,15-16,18H,9-10H2,1-4H3,(H,23,24)/t15-,16?,18?,22?/m1/s1. The number of hydrogen-bond donors (Lipinski definition) is 1. The SMILES string of the molecule is CC(=O)Nc1ccc(C2=C[C@H](C3C(=O)C4(C)CCC3C4(C)C)C(=O)O2)cc1. The molecule has 2 fully saturated rings. The molecule has 2 saturated carbocycles. The van der Waals surface area contributed by atoms with E-state index < -0.39 is 5.92 Å². The molecule has 2 bridgehead atoms. The minimum atomic E-state index is -0.506. The molecule has 142 valence electrons. The van der Waals surface area contributed by atoms with E-state index in [1.165, 1.54) is 6.92 Å². The van der Waals surface area contributed by atoms with Crippen molar-refractivity contribution in [2.45, 2.75) is 40.5 Å². The molecular formula is C22H25NO4. The van der Waals surface area contributed by atoms with E-state index in [-0.39, 0.29) is 40.3 Å². The monoisotopic (exact) mass is 367 g/mol. The number of Topliss-reactive ketones (excluding diaryl/α,β-unsaturated/α-hetero) is 1. The zero-order chi connectivity index (χ0) is 19.6. The van der Waals surface area contributed by atoms with Crippen LogP contribution in [0.5, 0.6) is 0 Å². The molecule has 0 saturated heterocycles. The highest BCUT2D eigenvalue weighted by Gasteiger charge is 2.68. The van der Waals surface area contributed by atoms with Gasteiger partial charge in [0.05, 0.1) is 5.92 Å². The summed E-state index contributed by atoms with van der Waals surface area (Å²) in [6.45, 7) is 7.83. The topological polar surface area (TPSA) is 72.5 Å². The van der Waals surface area contributed by atoms with E-state index in [0.29, 0.717) is 11.4 Å². The van der Waals surface area contributed by atoms with Gasteiger partial charge in [-0.1, -0.05) is 20.8 Å². The molecule has 3 unspecified atom stereocenters. The smallest absolute Gasteiger partial charge is 0.319 e. The Labute approximate surface area is 159 Å². The first kappa shape index (κ1) is 18.0. The Kier molecular flexibility index (Phi) is 3.85. The van der Waals surface area contributed by atoms with E-state index in [4.69, 9.17) is 4.74 Å². The lowest BCUT2D eigenvalue weighted by molar-refractivity contribution is -0.144. The van der Waals surface area contributed by atoms with Gasteiger partial charge in [-0.05, 0) is 54.5 Å². The number of ketones is 1. The van der Waals surface area contributed by atoms with Gasteiger partial charge in [0.25, 0.3) is 0 Å². The summed E-state index contributed by atoms with van der Waals surface area (Å²) in [5.41, 5.74) is 1.01. The summed E-state index contributed by atoms with van der Waals surface area (Å²) < 4.78 is 5.53. The highest BCUT2D eigenvalue weighted by Crippen LogP contribution is 2.67. The van der Waals surface area contributed by atoms with Crippen LogP contribution in [0.2, 0.25) is 0 Å².